The molecule has 1 aromatic carbocycles. The second kappa shape index (κ2) is 4.14. The Hall–Kier alpha value is -1.95. The average molecular weight is 245 g/mol. The number of rotatable bonds is 3. The molecule has 17 heavy (non-hydrogen) atoms. The van der Waals surface area contributed by atoms with Crippen molar-refractivity contribution < 1.29 is 0 Å². The molecule has 6 heteroatoms. The molecule has 0 spiro atoms. The number of fused-ring (bicyclic) bond motifs is 1. The van der Waals surface area contributed by atoms with Gasteiger partial charge in [0.25, 0.3) is 0 Å². The molecule has 0 saturated heterocycles. The lowest BCUT2D eigenvalue weighted by molar-refractivity contribution is 0.999. The summed E-state index contributed by atoms with van der Waals surface area (Å²) in [4.78, 5) is 7.58. The number of benzene rings is 1. The van der Waals surface area contributed by atoms with Crippen molar-refractivity contribution in [1.29, 1.82) is 0 Å². The van der Waals surface area contributed by atoms with E-state index in [2.05, 4.69) is 30.9 Å². The number of aromatic nitrogens is 4. The van der Waals surface area contributed by atoms with Crippen LogP contribution in [-0.2, 0) is 6.54 Å². The summed E-state index contributed by atoms with van der Waals surface area (Å²) in [5.41, 5.74) is 4.04. The van der Waals surface area contributed by atoms with Crippen LogP contribution in [0.15, 0.2) is 23.6 Å². The molecule has 0 saturated carbocycles. The molecule has 0 aliphatic heterocycles. The van der Waals surface area contributed by atoms with Crippen molar-refractivity contribution >= 4 is 28.3 Å². The third-order valence-corrected chi connectivity index (χ3v) is 3.03. The van der Waals surface area contributed by atoms with E-state index >= 15 is 0 Å². The Labute approximate surface area is 102 Å². The number of nitrogens with zero attached hydrogens (tertiary/aromatic N) is 3. The maximum absolute atomic E-state index is 4.36. The number of imidazole rings is 1. The van der Waals surface area contributed by atoms with Crippen LogP contribution >= 0.6 is 11.5 Å². The fourth-order valence-electron chi connectivity index (χ4n) is 1.70. The van der Waals surface area contributed by atoms with Crippen molar-refractivity contribution in [2.45, 2.75) is 13.5 Å². The summed E-state index contributed by atoms with van der Waals surface area (Å²) in [5, 5.41) is 9.22. The molecule has 0 unspecified atom stereocenters. The van der Waals surface area contributed by atoms with E-state index in [1.54, 1.807) is 0 Å². The molecule has 0 radical (unpaired) electrons. The Morgan fingerprint density at radius 3 is 3.18 bits per heavy atom. The molecular formula is C11H11N5S. The highest BCUT2D eigenvalue weighted by molar-refractivity contribution is 7.03. The van der Waals surface area contributed by atoms with Gasteiger partial charge in [-0.3, -0.25) is 0 Å². The van der Waals surface area contributed by atoms with Crippen molar-refractivity contribution in [3.8, 4) is 0 Å². The van der Waals surface area contributed by atoms with Gasteiger partial charge in [0.05, 0.1) is 23.3 Å². The topological polar surface area (TPSA) is 66.5 Å². The average Bonchev–Trinajstić information content (AvgIpc) is 2.92. The van der Waals surface area contributed by atoms with Crippen molar-refractivity contribution in [2.24, 2.45) is 0 Å². The summed E-state index contributed by atoms with van der Waals surface area (Å²) < 4.78 is 3.82. The number of anilines is 1. The fraction of sp³-hybridized carbons (Fsp3) is 0.182. The second-order valence-electron chi connectivity index (χ2n) is 3.80. The summed E-state index contributed by atoms with van der Waals surface area (Å²) in [6, 6.07) is 6.07. The first-order valence-corrected chi connectivity index (χ1v) is 6.11. The van der Waals surface area contributed by atoms with E-state index in [0.717, 1.165) is 28.2 Å². The van der Waals surface area contributed by atoms with Gasteiger partial charge in [0.2, 0.25) is 0 Å². The van der Waals surface area contributed by atoms with E-state index in [1.165, 1.54) is 11.5 Å². The van der Waals surface area contributed by atoms with Gasteiger partial charge in [-0.05, 0) is 36.7 Å². The van der Waals surface area contributed by atoms with E-state index in [0.29, 0.717) is 6.54 Å². The van der Waals surface area contributed by atoms with Crippen molar-refractivity contribution in [2.75, 3.05) is 5.32 Å². The highest BCUT2D eigenvalue weighted by atomic mass is 32.1. The lowest BCUT2D eigenvalue weighted by Crippen LogP contribution is -1.99. The molecule has 2 heterocycles. The Morgan fingerprint density at radius 2 is 2.35 bits per heavy atom. The van der Waals surface area contributed by atoms with Crippen LogP contribution in [0.25, 0.3) is 11.0 Å². The number of hydrogen-bond acceptors (Lipinski definition) is 5. The van der Waals surface area contributed by atoms with Crippen LogP contribution < -0.4 is 5.32 Å². The predicted octanol–water partition coefficient (Wildman–Crippen LogP) is 2.33. The van der Waals surface area contributed by atoms with E-state index in [-0.39, 0.29) is 0 Å². The number of aryl methyl sites for hydroxylation is 1. The third kappa shape index (κ3) is 2.12. The van der Waals surface area contributed by atoms with Gasteiger partial charge in [0, 0.05) is 11.1 Å². The summed E-state index contributed by atoms with van der Waals surface area (Å²) in [6.45, 7) is 2.64. The largest absolute Gasteiger partial charge is 0.379 e. The van der Waals surface area contributed by atoms with Crippen LogP contribution in [0.1, 0.15) is 11.5 Å². The SMILES string of the molecule is Cc1nc2ccc(NCc3csnn3)cc2[nH]1. The summed E-state index contributed by atoms with van der Waals surface area (Å²) in [6.07, 6.45) is 0. The first-order chi connectivity index (χ1) is 8.31. The molecule has 3 aromatic rings. The van der Waals surface area contributed by atoms with Crippen LogP contribution in [0.4, 0.5) is 5.69 Å². The minimum atomic E-state index is 0.690. The van der Waals surface area contributed by atoms with E-state index < -0.39 is 0 Å². The van der Waals surface area contributed by atoms with Crippen LogP contribution in [0.3, 0.4) is 0 Å². The molecule has 0 aliphatic rings. The quantitative estimate of drug-likeness (QED) is 0.743. The first kappa shape index (κ1) is 10.2. The maximum atomic E-state index is 4.36. The minimum Gasteiger partial charge on any atom is -0.379 e. The van der Waals surface area contributed by atoms with Gasteiger partial charge < -0.3 is 10.3 Å². The summed E-state index contributed by atoms with van der Waals surface area (Å²) in [7, 11) is 0. The number of hydrogen-bond donors (Lipinski definition) is 2. The molecule has 86 valence electrons. The van der Waals surface area contributed by atoms with Gasteiger partial charge >= 0.3 is 0 Å². The molecular weight excluding hydrogens is 234 g/mol. The lowest BCUT2D eigenvalue weighted by Gasteiger charge is -2.03. The molecule has 0 atom stereocenters. The molecule has 5 nitrogen and oxygen atoms in total. The number of aromatic amines is 1. The molecule has 2 N–H and O–H groups in total. The Bertz CT molecular complexity index is 628. The fourth-order valence-corrected chi connectivity index (χ4v) is 2.15. The van der Waals surface area contributed by atoms with E-state index in [4.69, 9.17) is 0 Å². The Morgan fingerprint density at radius 1 is 1.41 bits per heavy atom. The normalized spacial score (nSPS) is 10.9. The van der Waals surface area contributed by atoms with Gasteiger partial charge in [-0.2, -0.15) is 0 Å². The first-order valence-electron chi connectivity index (χ1n) is 5.27. The van der Waals surface area contributed by atoms with E-state index in [9.17, 15) is 0 Å². The highest BCUT2D eigenvalue weighted by Crippen LogP contribution is 2.17. The molecule has 0 fully saturated rings. The highest BCUT2D eigenvalue weighted by Gasteiger charge is 2.01. The zero-order chi connectivity index (χ0) is 11.7. The van der Waals surface area contributed by atoms with Gasteiger partial charge in [-0.1, -0.05) is 4.49 Å². The van der Waals surface area contributed by atoms with Gasteiger partial charge in [0.15, 0.2) is 0 Å². The predicted molar refractivity (Wildman–Crippen MR) is 68.1 cm³/mol. The van der Waals surface area contributed by atoms with Crippen LogP contribution in [-0.4, -0.2) is 19.6 Å². The minimum absolute atomic E-state index is 0.690. The Kier molecular flexibility index (Phi) is 2.49. The van der Waals surface area contributed by atoms with Crippen molar-refractivity contribution in [3.63, 3.8) is 0 Å². The monoisotopic (exact) mass is 245 g/mol. The van der Waals surface area contributed by atoms with Crippen LogP contribution in [0.2, 0.25) is 0 Å². The Balaban J connectivity index is 1.81. The molecule has 0 bridgehead atoms. The second-order valence-corrected chi connectivity index (χ2v) is 4.41. The van der Waals surface area contributed by atoms with Crippen molar-refractivity contribution in [1.82, 2.24) is 19.6 Å². The smallest absolute Gasteiger partial charge is 0.104 e. The number of H-pyrrole nitrogens is 1. The zero-order valence-electron chi connectivity index (χ0n) is 9.27. The van der Waals surface area contributed by atoms with Crippen LogP contribution in [0.5, 0.6) is 0 Å². The third-order valence-electron chi connectivity index (χ3n) is 2.48. The molecule has 0 amide bonds. The van der Waals surface area contributed by atoms with Gasteiger partial charge in [0.1, 0.15) is 5.82 Å². The standard InChI is InChI=1S/C11H11N5S/c1-7-13-10-3-2-8(4-11(10)14-7)12-5-9-6-17-16-15-9/h2-4,6,12H,5H2,1H3,(H,13,14). The van der Waals surface area contributed by atoms with Gasteiger partial charge in [-0.15, -0.1) is 5.10 Å². The maximum Gasteiger partial charge on any atom is 0.104 e. The molecule has 2 aromatic heterocycles. The zero-order valence-corrected chi connectivity index (χ0v) is 10.1. The summed E-state index contributed by atoms with van der Waals surface area (Å²) >= 11 is 1.36. The lowest BCUT2D eigenvalue weighted by atomic mass is 10.2. The van der Waals surface area contributed by atoms with E-state index in [1.807, 2.05) is 24.4 Å². The van der Waals surface area contributed by atoms with Crippen LogP contribution in [0, 0.1) is 6.92 Å². The molecule has 3 rings (SSSR count). The van der Waals surface area contributed by atoms with Crippen molar-refractivity contribution in [3.05, 3.63) is 35.1 Å². The molecule has 0 aliphatic carbocycles. The number of nitrogens with one attached hydrogen (secondary N) is 2. The van der Waals surface area contributed by atoms with Gasteiger partial charge in [-0.25, -0.2) is 4.98 Å². The summed E-state index contributed by atoms with van der Waals surface area (Å²) in [5.74, 6) is 0.931.